The molecule has 0 saturated carbocycles. The van der Waals surface area contributed by atoms with Crippen LogP contribution in [-0.2, 0) is 6.42 Å². The third-order valence-electron chi connectivity index (χ3n) is 4.76. The van der Waals surface area contributed by atoms with Crippen molar-refractivity contribution in [2.45, 2.75) is 26.2 Å². The predicted molar refractivity (Wildman–Crippen MR) is 127 cm³/mol. The number of nitrogens with zero attached hydrogens (tertiary/aromatic N) is 2. The van der Waals surface area contributed by atoms with Gasteiger partial charge in [-0.25, -0.2) is 0 Å². The minimum atomic E-state index is 0.600. The molecule has 0 atom stereocenters. The maximum absolute atomic E-state index is 6.51. The molecule has 152 valence electrons. The standard InChI is InChI=1S/C24H22Cl2N3S/c1-2-3-7-17-10-13-19(14-11-17)27-24-28-29(20-8-5-4-6-9-20)23(30-24)21-15-12-18(25)16-22(21)26/h4-6,8-16H,2-3,7H2,1H3,(H,27,28)/q+1. The summed E-state index contributed by atoms with van der Waals surface area (Å²) in [6, 6.07) is 24.1. The predicted octanol–water partition coefficient (Wildman–Crippen LogP) is 7.48. The van der Waals surface area contributed by atoms with E-state index in [1.807, 2.05) is 47.1 Å². The Morgan fingerprint density at radius 3 is 2.43 bits per heavy atom. The van der Waals surface area contributed by atoms with E-state index in [-0.39, 0.29) is 0 Å². The van der Waals surface area contributed by atoms with Gasteiger partial charge in [0.1, 0.15) is 0 Å². The van der Waals surface area contributed by atoms with E-state index in [2.05, 4.69) is 36.5 Å². The number of unbranched alkanes of at least 4 members (excludes halogenated alkanes) is 1. The van der Waals surface area contributed by atoms with Crippen LogP contribution in [0.15, 0.2) is 72.8 Å². The van der Waals surface area contributed by atoms with E-state index in [0.29, 0.717) is 10.0 Å². The first kappa shape index (κ1) is 20.9. The second-order valence-electron chi connectivity index (χ2n) is 7.01. The molecule has 30 heavy (non-hydrogen) atoms. The summed E-state index contributed by atoms with van der Waals surface area (Å²) < 4.78 is 1.91. The third-order valence-corrected chi connectivity index (χ3v) is 6.27. The normalized spacial score (nSPS) is 10.9. The molecule has 0 saturated heterocycles. The summed E-state index contributed by atoms with van der Waals surface area (Å²) in [5.41, 5.74) is 4.23. The van der Waals surface area contributed by atoms with Gasteiger partial charge < -0.3 is 5.32 Å². The molecular weight excluding hydrogens is 433 g/mol. The van der Waals surface area contributed by atoms with Gasteiger partial charge >= 0.3 is 5.01 Å². The summed E-state index contributed by atoms with van der Waals surface area (Å²) in [6.45, 7) is 2.21. The van der Waals surface area contributed by atoms with Crippen molar-refractivity contribution in [3.63, 3.8) is 0 Å². The van der Waals surface area contributed by atoms with Crippen molar-refractivity contribution in [2.75, 3.05) is 5.32 Å². The zero-order chi connectivity index (χ0) is 20.9. The van der Waals surface area contributed by atoms with Gasteiger partial charge in [-0.1, -0.05) is 66.9 Å². The van der Waals surface area contributed by atoms with Crippen molar-refractivity contribution in [2.24, 2.45) is 0 Å². The Morgan fingerprint density at radius 1 is 0.967 bits per heavy atom. The Hall–Kier alpha value is -2.40. The monoisotopic (exact) mass is 454 g/mol. The van der Waals surface area contributed by atoms with E-state index in [4.69, 9.17) is 28.3 Å². The fraction of sp³-hybridized carbons (Fsp3) is 0.167. The second-order valence-corrected chi connectivity index (χ2v) is 8.83. The molecule has 0 unspecified atom stereocenters. The number of anilines is 2. The molecule has 4 aromatic rings. The summed E-state index contributed by atoms with van der Waals surface area (Å²) in [6.07, 6.45) is 3.53. The number of aromatic nitrogens is 2. The number of para-hydroxylation sites is 1. The summed E-state index contributed by atoms with van der Waals surface area (Å²) >= 11 is 14.2. The molecule has 1 heterocycles. The number of hydrogen-bond acceptors (Lipinski definition) is 3. The van der Waals surface area contributed by atoms with E-state index in [0.717, 1.165) is 33.5 Å². The fourth-order valence-corrected chi connectivity index (χ4v) is 4.73. The topological polar surface area (TPSA) is 28.8 Å². The summed E-state index contributed by atoms with van der Waals surface area (Å²) in [5.74, 6) is 0. The van der Waals surface area contributed by atoms with Crippen molar-refractivity contribution in [3.05, 3.63) is 88.4 Å². The molecule has 0 bridgehead atoms. The highest BCUT2D eigenvalue weighted by Crippen LogP contribution is 2.34. The number of aryl methyl sites for hydroxylation is 1. The first-order chi connectivity index (χ1) is 14.6. The average Bonchev–Trinajstić information content (AvgIpc) is 3.17. The van der Waals surface area contributed by atoms with Crippen molar-refractivity contribution in [1.82, 2.24) is 5.10 Å². The Labute approximate surface area is 190 Å². The molecule has 0 fully saturated rings. The molecule has 0 radical (unpaired) electrons. The number of halogens is 2. The first-order valence-corrected chi connectivity index (χ1v) is 11.5. The van der Waals surface area contributed by atoms with Crippen LogP contribution in [0.1, 0.15) is 25.3 Å². The highest BCUT2D eigenvalue weighted by Gasteiger charge is 2.26. The van der Waals surface area contributed by atoms with Crippen LogP contribution in [0.5, 0.6) is 0 Å². The molecule has 6 heteroatoms. The van der Waals surface area contributed by atoms with Gasteiger partial charge in [0, 0.05) is 27.9 Å². The van der Waals surface area contributed by atoms with E-state index in [1.54, 1.807) is 17.4 Å². The van der Waals surface area contributed by atoms with E-state index < -0.39 is 0 Å². The molecule has 3 aromatic carbocycles. The van der Waals surface area contributed by atoms with Crippen molar-refractivity contribution in [1.29, 1.82) is 0 Å². The Bertz CT molecular complexity index is 1130. The van der Waals surface area contributed by atoms with Crippen LogP contribution >= 0.6 is 34.5 Å². The van der Waals surface area contributed by atoms with Crippen LogP contribution in [0, 0.1) is 0 Å². The van der Waals surface area contributed by atoms with Gasteiger partial charge in [-0.05, 0) is 64.8 Å². The van der Waals surface area contributed by atoms with Crippen LogP contribution in [-0.4, -0.2) is 5.10 Å². The van der Waals surface area contributed by atoms with E-state index >= 15 is 0 Å². The molecule has 1 N–H and O–H groups in total. The van der Waals surface area contributed by atoms with Crippen LogP contribution in [0.25, 0.3) is 16.3 Å². The van der Waals surface area contributed by atoms with Gasteiger partial charge in [0.2, 0.25) is 5.69 Å². The third kappa shape index (κ3) is 4.84. The molecule has 4 rings (SSSR count). The van der Waals surface area contributed by atoms with Crippen molar-refractivity contribution in [3.8, 4) is 16.3 Å². The highest BCUT2D eigenvalue weighted by atomic mass is 35.5. The fourth-order valence-electron chi connectivity index (χ4n) is 3.18. The summed E-state index contributed by atoms with van der Waals surface area (Å²) in [7, 11) is 0. The zero-order valence-electron chi connectivity index (χ0n) is 16.6. The van der Waals surface area contributed by atoms with Gasteiger partial charge in [-0.2, -0.15) is 0 Å². The van der Waals surface area contributed by atoms with Crippen molar-refractivity contribution >= 4 is 45.4 Å². The minimum absolute atomic E-state index is 0.600. The largest absolute Gasteiger partial charge is 0.327 e. The summed E-state index contributed by atoms with van der Waals surface area (Å²) in [4.78, 5) is 0. The second kappa shape index (κ2) is 9.61. The highest BCUT2D eigenvalue weighted by molar-refractivity contribution is 7.18. The molecule has 0 aliphatic heterocycles. The smallest absolute Gasteiger partial charge is 0.306 e. The summed E-state index contributed by atoms with van der Waals surface area (Å²) in [5, 5.41) is 11.2. The molecular formula is C24H22Cl2N3S+. The lowest BCUT2D eigenvalue weighted by molar-refractivity contribution is -0.642. The molecule has 1 aromatic heterocycles. The molecule has 0 amide bonds. The maximum Gasteiger partial charge on any atom is 0.306 e. The van der Waals surface area contributed by atoms with Gasteiger partial charge in [0.05, 0.1) is 10.6 Å². The van der Waals surface area contributed by atoms with Crippen LogP contribution in [0.3, 0.4) is 0 Å². The SMILES string of the molecule is CCCCc1ccc(Nc2n[n+](-c3ccccc3)c(-c3ccc(Cl)cc3Cl)s2)cc1. The number of nitrogens with one attached hydrogen (secondary N) is 1. The average molecular weight is 455 g/mol. The van der Waals surface area contributed by atoms with Gasteiger partial charge in [-0.15, -0.1) is 0 Å². The Kier molecular flexibility index (Phi) is 6.68. The van der Waals surface area contributed by atoms with Crippen LogP contribution in [0.2, 0.25) is 10.0 Å². The lowest BCUT2D eigenvalue weighted by atomic mass is 10.1. The lowest BCUT2D eigenvalue weighted by Gasteiger charge is -2.03. The van der Waals surface area contributed by atoms with Gasteiger partial charge in [-0.3, -0.25) is 0 Å². The van der Waals surface area contributed by atoms with E-state index in [9.17, 15) is 0 Å². The van der Waals surface area contributed by atoms with Gasteiger partial charge in [0.25, 0.3) is 5.13 Å². The Morgan fingerprint density at radius 2 is 1.73 bits per heavy atom. The van der Waals surface area contributed by atoms with Crippen molar-refractivity contribution < 1.29 is 4.68 Å². The zero-order valence-corrected chi connectivity index (χ0v) is 18.9. The number of benzene rings is 3. The van der Waals surface area contributed by atoms with Gasteiger partial charge in [0.15, 0.2) is 0 Å². The Balaban J connectivity index is 1.69. The molecule has 0 spiro atoms. The lowest BCUT2D eigenvalue weighted by Crippen LogP contribution is -2.34. The molecule has 0 aliphatic carbocycles. The quantitative estimate of drug-likeness (QED) is 0.293. The molecule has 3 nitrogen and oxygen atoms in total. The number of rotatable bonds is 7. The maximum atomic E-state index is 6.51. The van der Waals surface area contributed by atoms with Crippen LogP contribution < -0.4 is 10.00 Å². The molecule has 0 aliphatic rings. The number of hydrogen-bond donors (Lipinski definition) is 1. The minimum Gasteiger partial charge on any atom is -0.327 e. The van der Waals surface area contributed by atoms with E-state index in [1.165, 1.54) is 18.4 Å². The van der Waals surface area contributed by atoms with Crippen LogP contribution in [0.4, 0.5) is 10.8 Å². The first-order valence-electron chi connectivity index (χ1n) is 9.94.